The predicted molar refractivity (Wildman–Crippen MR) is 72.3 cm³/mol. The molecule has 102 valence electrons. The van der Waals surface area contributed by atoms with E-state index in [1.807, 2.05) is 26.0 Å². The van der Waals surface area contributed by atoms with Gasteiger partial charge >= 0.3 is 0 Å². The summed E-state index contributed by atoms with van der Waals surface area (Å²) in [6.45, 7) is 3.74. The van der Waals surface area contributed by atoms with Crippen molar-refractivity contribution in [2.75, 3.05) is 0 Å². The van der Waals surface area contributed by atoms with E-state index in [0.29, 0.717) is 11.2 Å². The minimum atomic E-state index is -0.222. The van der Waals surface area contributed by atoms with Gasteiger partial charge in [0.05, 0.1) is 12.2 Å². The summed E-state index contributed by atoms with van der Waals surface area (Å²) in [5.41, 5.74) is 0.980. The maximum Gasteiger partial charge on any atom is 0.257 e. The number of rotatable bonds is 3. The van der Waals surface area contributed by atoms with Gasteiger partial charge in [-0.2, -0.15) is 5.10 Å². The summed E-state index contributed by atoms with van der Waals surface area (Å²) >= 11 is 0. The van der Waals surface area contributed by atoms with Gasteiger partial charge in [-0.15, -0.1) is 0 Å². The molecule has 3 rings (SSSR count). The Morgan fingerprint density at radius 2 is 2.30 bits per heavy atom. The Labute approximate surface area is 115 Å². The first-order valence-electron chi connectivity index (χ1n) is 6.30. The molecule has 1 amide bonds. The number of hydrogen-bond acceptors (Lipinski definition) is 4. The van der Waals surface area contributed by atoms with Crippen LogP contribution in [-0.4, -0.2) is 20.5 Å². The van der Waals surface area contributed by atoms with Crippen molar-refractivity contribution in [3.63, 3.8) is 0 Å². The summed E-state index contributed by atoms with van der Waals surface area (Å²) in [5.74, 6) is 1.32. The molecule has 0 aliphatic rings. The van der Waals surface area contributed by atoms with Crippen LogP contribution in [0.1, 0.15) is 34.8 Å². The van der Waals surface area contributed by atoms with Gasteiger partial charge in [-0.3, -0.25) is 4.79 Å². The minimum absolute atomic E-state index is 0.213. The average Bonchev–Trinajstić information content (AvgIpc) is 3.04. The van der Waals surface area contributed by atoms with Crippen LogP contribution in [0.2, 0.25) is 0 Å². The number of carbonyl (C=O) groups excluding carboxylic acids is 1. The molecule has 6 nitrogen and oxygen atoms in total. The second-order valence-electron chi connectivity index (χ2n) is 4.59. The third-order valence-electron chi connectivity index (χ3n) is 3.06. The fraction of sp³-hybridized carbons (Fsp3) is 0.214. The molecule has 20 heavy (non-hydrogen) atoms. The van der Waals surface area contributed by atoms with Gasteiger partial charge in [0.1, 0.15) is 17.1 Å². The average molecular weight is 270 g/mol. The van der Waals surface area contributed by atoms with Crippen LogP contribution in [0.4, 0.5) is 0 Å². The van der Waals surface area contributed by atoms with E-state index >= 15 is 0 Å². The summed E-state index contributed by atoms with van der Waals surface area (Å²) in [7, 11) is 0. The largest absolute Gasteiger partial charge is 0.464 e. The lowest BCUT2D eigenvalue weighted by Gasteiger charge is -2.10. The fourth-order valence-corrected chi connectivity index (χ4v) is 2.02. The van der Waals surface area contributed by atoms with E-state index in [1.165, 1.54) is 6.20 Å². The Balaban J connectivity index is 1.82. The van der Waals surface area contributed by atoms with E-state index < -0.39 is 0 Å². The van der Waals surface area contributed by atoms with Crippen molar-refractivity contribution in [1.29, 1.82) is 0 Å². The van der Waals surface area contributed by atoms with Crippen molar-refractivity contribution >= 4 is 11.6 Å². The highest BCUT2D eigenvalue weighted by atomic mass is 16.3. The van der Waals surface area contributed by atoms with E-state index in [4.69, 9.17) is 4.42 Å². The summed E-state index contributed by atoms with van der Waals surface area (Å²) in [4.78, 5) is 16.4. The first kappa shape index (κ1) is 12.4. The van der Waals surface area contributed by atoms with E-state index in [9.17, 15) is 4.79 Å². The van der Waals surface area contributed by atoms with E-state index in [2.05, 4.69) is 15.4 Å². The van der Waals surface area contributed by atoms with Gasteiger partial charge in [0.2, 0.25) is 0 Å². The Morgan fingerprint density at radius 1 is 1.45 bits per heavy atom. The van der Waals surface area contributed by atoms with Crippen molar-refractivity contribution in [1.82, 2.24) is 19.9 Å². The van der Waals surface area contributed by atoms with Crippen molar-refractivity contribution in [3.8, 4) is 0 Å². The fourth-order valence-electron chi connectivity index (χ4n) is 2.02. The van der Waals surface area contributed by atoms with Gasteiger partial charge in [0.15, 0.2) is 5.65 Å². The van der Waals surface area contributed by atoms with Gasteiger partial charge < -0.3 is 9.73 Å². The zero-order valence-corrected chi connectivity index (χ0v) is 11.2. The van der Waals surface area contributed by atoms with Gasteiger partial charge in [0, 0.05) is 12.4 Å². The van der Waals surface area contributed by atoms with Crippen LogP contribution in [-0.2, 0) is 0 Å². The van der Waals surface area contributed by atoms with Crippen LogP contribution in [0.15, 0.2) is 41.2 Å². The molecular formula is C14H14N4O2. The summed E-state index contributed by atoms with van der Waals surface area (Å²) < 4.78 is 7.07. The third-order valence-corrected chi connectivity index (χ3v) is 3.06. The predicted octanol–water partition coefficient (Wildman–Crippen LogP) is 2.12. The van der Waals surface area contributed by atoms with Crippen LogP contribution in [0.3, 0.4) is 0 Å². The molecule has 0 aliphatic heterocycles. The maximum atomic E-state index is 12.3. The number of fused-ring (bicyclic) bond motifs is 1. The lowest BCUT2D eigenvalue weighted by Crippen LogP contribution is -2.26. The number of hydrogen-bond donors (Lipinski definition) is 1. The number of nitrogens with zero attached hydrogens (tertiary/aromatic N) is 3. The molecule has 0 bridgehead atoms. The first-order valence-corrected chi connectivity index (χ1v) is 6.30. The highest BCUT2D eigenvalue weighted by molar-refractivity contribution is 5.99. The van der Waals surface area contributed by atoms with Crippen LogP contribution >= 0.6 is 0 Å². The van der Waals surface area contributed by atoms with Gasteiger partial charge in [0.25, 0.3) is 5.91 Å². The zero-order valence-electron chi connectivity index (χ0n) is 11.2. The zero-order chi connectivity index (χ0) is 14.1. The number of aromatic nitrogens is 3. The highest BCUT2D eigenvalue weighted by Crippen LogP contribution is 2.16. The smallest absolute Gasteiger partial charge is 0.257 e. The van der Waals surface area contributed by atoms with Gasteiger partial charge in [-0.05, 0) is 32.0 Å². The van der Waals surface area contributed by atoms with E-state index in [1.54, 1.807) is 23.0 Å². The van der Waals surface area contributed by atoms with Crippen LogP contribution in [0.25, 0.3) is 5.65 Å². The number of amides is 1. The second kappa shape index (κ2) is 4.80. The summed E-state index contributed by atoms with van der Waals surface area (Å²) in [6, 6.07) is 5.27. The minimum Gasteiger partial charge on any atom is -0.464 e. The molecule has 1 N–H and O–H groups in total. The lowest BCUT2D eigenvalue weighted by atomic mass is 10.2. The monoisotopic (exact) mass is 270 g/mol. The number of aryl methyl sites for hydroxylation is 1. The van der Waals surface area contributed by atoms with Gasteiger partial charge in [-0.1, -0.05) is 0 Å². The Kier molecular flexibility index (Phi) is 2.98. The topological polar surface area (TPSA) is 72.4 Å². The molecule has 3 aromatic rings. The molecule has 6 heteroatoms. The lowest BCUT2D eigenvalue weighted by molar-refractivity contribution is 0.0936. The quantitative estimate of drug-likeness (QED) is 0.791. The molecule has 0 spiro atoms. The van der Waals surface area contributed by atoms with Gasteiger partial charge in [-0.25, -0.2) is 9.50 Å². The molecule has 3 aromatic heterocycles. The van der Waals surface area contributed by atoms with Crippen molar-refractivity contribution in [3.05, 3.63) is 53.9 Å². The highest BCUT2D eigenvalue weighted by Gasteiger charge is 2.18. The van der Waals surface area contributed by atoms with Crippen LogP contribution in [0.5, 0.6) is 0 Å². The third kappa shape index (κ3) is 2.16. The van der Waals surface area contributed by atoms with Crippen molar-refractivity contribution < 1.29 is 9.21 Å². The van der Waals surface area contributed by atoms with E-state index in [0.717, 1.165) is 11.5 Å². The van der Waals surface area contributed by atoms with Crippen molar-refractivity contribution in [2.45, 2.75) is 19.9 Å². The van der Waals surface area contributed by atoms with E-state index in [-0.39, 0.29) is 11.9 Å². The molecule has 1 unspecified atom stereocenters. The molecule has 1 atom stereocenters. The molecule has 0 aromatic carbocycles. The Bertz CT molecular complexity index is 759. The number of nitrogens with one attached hydrogen (secondary N) is 1. The normalized spacial score (nSPS) is 12.5. The van der Waals surface area contributed by atoms with Crippen LogP contribution in [0, 0.1) is 6.92 Å². The Morgan fingerprint density at radius 3 is 3.05 bits per heavy atom. The van der Waals surface area contributed by atoms with Crippen LogP contribution < -0.4 is 5.32 Å². The maximum absolute atomic E-state index is 12.3. The standard InChI is InChI=1S/C14H14N4O2/c1-9-4-5-12(20-9)10(2)17-14(19)11-8-16-18-7-3-6-15-13(11)18/h3-8,10H,1-2H3,(H,17,19). The molecule has 3 heterocycles. The molecular weight excluding hydrogens is 256 g/mol. The summed E-state index contributed by atoms with van der Waals surface area (Å²) in [6.07, 6.45) is 4.89. The SMILES string of the molecule is Cc1ccc(C(C)NC(=O)c2cnn3cccnc23)o1. The first-order chi connectivity index (χ1) is 9.65. The number of carbonyl (C=O) groups is 1. The van der Waals surface area contributed by atoms with Crippen molar-refractivity contribution in [2.24, 2.45) is 0 Å². The Hall–Kier alpha value is -2.63. The molecule has 0 saturated carbocycles. The summed E-state index contributed by atoms with van der Waals surface area (Å²) in [5, 5.41) is 6.97. The molecule has 0 aliphatic carbocycles. The molecule has 0 fully saturated rings. The molecule has 0 radical (unpaired) electrons. The molecule has 0 saturated heterocycles. The second-order valence-corrected chi connectivity index (χ2v) is 4.59. The number of furan rings is 1.